The van der Waals surface area contributed by atoms with Gasteiger partial charge in [-0.15, -0.1) is 0 Å². The molecule has 0 radical (unpaired) electrons. The third-order valence-corrected chi connectivity index (χ3v) is 21.4. The smallest absolute Gasteiger partial charge is 0.423 e. The predicted molar refractivity (Wildman–Crippen MR) is 324 cm³/mol. The van der Waals surface area contributed by atoms with Crippen LogP contribution in [0.5, 0.6) is 0 Å². The van der Waals surface area contributed by atoms with E-state index < -0.39 is 8.07 Å². The van der Waals surface area contributed by atoms with E-state index >= 15 is 0 Å². The minimum absolute atomic E-state index is 0.0495. The van der Waals surface area contributed by atoms with E-state index in [2.05, 4.69) is 295 Å². The second-order valence-corrected chi connectivity index (χ2v) is 24.3. The molecule has 13 heteroatoms. The summed E-state index contributed by atoms with van der Waals surface area (Å²) in [5, 5.41) is 5.27. The van der Waals surface area contributed by atoms with Crippen LogP contribution in [0.4, 0.5) is 0 Å². The third kappa shape index (κ3) is 6.50. The van der Waals surface area contributed by atoms with Gasteiger partial charge in [0.05, 0.1) is 22.1 Å². The van der Waals surface area contributed by atoms with Crippen molar-refractivity contribution in [2.24, 2.45) is 4.90 Å². The van der Waals surface area contributed by atoms with Gasteiger partial charge < -0.3 is 23.8 Å². The molecule has 8 nitrogen and oxygen atoms in total. The molecular weight excluding hydrogens is 952 g/mol. The van der Waals surface area contributed by atoms with Crippen molar-refractivity contribution in [3.8, 4) is 50.2 Å². The van der Waals surface area contributed by atoms with Gasteiger partial charge in [0.15, 0.2) is 8.07 Å². The van der Waals surface area contributed by atoms with Crippen LogP contribution in [0.25, 0.3) is 78.0 Å². The molecule has 5 aliphatic heterocycles. The van der Waals surface area contributed by atoms with Crippen LogP contribution in [0.2, 0.25) is 0 Å². The fourth-order valence-corrected chi connectivity index (χ4v) is 18.1. The van der Waals surface area contributed by atoms with Gasteiger partial charge in [-0.1, -0.05) is 194 Å². The standard InChI is InChI=1S/C64H46B4N8Si/c1-3-20-48(21-4-1)77(49-22-5-2-6-23-49,51-36-39-67-71-41-17-15-37-65(71)73-43-19-40-69-68(73)72-42-18-16-38-66(72)74(67)46-51)50-33-35-57-52-24-7-9-26-54(52)58-44-47(32-34-56(58)53-25-8-10-27-55(53)59(57)45-50)75-62-30-13-14-31-63(62)76-61-29-12-11-28-60(61)70-64(75)76/h1-46H. The number of imidazole rings is 2. The molecule has 0 atom stereocenters. The van der Waals surface area contributed by atoms with Crippen molar-refractivity contribution in [1.82, 2.24) is 32.8 Å². The third-order valence-electron chi connectivity index (χ3n) is 16.7. The average Bonchev–Trinajstić information content (AvgIpc) is 4.14. The molecule has 77 heavy (non-hydrogen) atoms. The Bertz CT molecular complexity index is 4250. The zero-order valence-electron chi connectivity index (χ0n) is 41.9. The summed E-state index contributed by atoms with van der Waals surface area (Å²) in [6, 6.07) is 72.4. The number of fused-ring (bicyclic) bond motifs is 21. The van der Waals surface area contributed by atoms with Gasteiger partial charge in [-0.25, -0.2) is 4.98 Å². The molecule has 16 rings (SSSR count). The molecule has 0 amide bonds. The molecule has 8 aromatic carbocycles. The molecule has 7 heterocycles. The minimum Gasteiger partial charge on any atom is -0.423 e. The molecular formula is C64H46B4N8Si. The van der Waals surface area contributed by atoms with E-state index in [1.54, 1.807) is 0 Å². The monoisotopic (exact) mass is 998 g/mol. The van der Waals surface area contributed by atoms with E-state index in [1.807, 2.05) is 12.3 Å². The van der Waals surface area contributed by atoms with E-state index in [1.165, 1.54) is 65.3 Å². The molecule has 1 saturated heterocycles. The van der Waals surface area contributed by atoms with Crippen molar-refractivity contribution in [2.75, 3.05) is 0 Å². The van der Waals surface area contributed by atoms with Crippen molar-refractivity contribution in [3.05, 3.63) is 279 Å². The highest BCUT2D eigenvalue weighted by molar-refractivity contribution is 7.16. The highest BCUT2D eigenvalue weighted by atomic mass is 28.3. The second-order valence-electron chi connectivity index (χ2n) is 20.5. The number of allylic oxidation sites excluding steroid dienone is 7. The highest BCUT2D eigenvalue weighted by Gasteiger charge is 2.53. The SMILES string of the molecule is C1=CB2N(C=C1)B1C=CC([Si](c3ccccc3)(c3ccccc3)c3ccc4c(c3)-c3ccccc3-c3ccc(-n5c6ccccc6n6c7ccccc7nc56)cc3-c3ccccc3-4)=CN1B1C=CC=CN1B1N=CC=CN21. The number of hydrogen-bond acceptors (Lipinski definition) is 6. The summed E-state index contributed by atoms with van der Waals surface area (Å²) in [6.07, 6.45) is 24.3. The topological polar surface area (TPSA) is 47.6 Å². The Kier molecular flexibility index (Phi) is 9.87. The maximum absolute atomic E-state index is 5.26. The normalized spacial score (nSPS) is 15.8. The zero-order chi connectivity index (χ0) is 50.6. The Labute approximate surface area is 449 Å². The van der Waals surface area contributed by atoms with Crippen LogP contribution in [0.3, 0.4) is 0 Å². The van der Waals surface area contributed by atoms with Gasteiger partial charge in [0.1, 0.15) is 0 Å². The van der Waals surface area contributed by atoms with Crippen LogP contribution in [0.1, 0.15) is 0 Å². The first kappa shape index (κ1) is 43.9. The first-order valence-electron chi connectivity index (χ1n) is 26.6. The number of rotatable bonds is 5. The van der Waals surface area contributed by atoms with E-state index in [0.717, 1.165) is 33.5 Å². The number of hydrogen-bond donors (Lipinski definition) is 0. The second kappa shape index (κ2) is 17.3. The van der Waals surface area contributed by atoms with Gasteiger partial charge >= 0.3 is 28.1 Å². The molecule has 1 fully saturated rings. The van der Waals surface area contributed by atoms with Crippen LogP contribution in [0.15, 0.2) is 283 Å². The Balaban J connectivity index is 0.913. The predicted octanol–water partition coefficient (Wildman–Crippen LogP) is 10.9. The largest absolute Gasteiger partial charge is 0.500 e. The first-order chi connectivity index (χ1) is 38.2. The van der Waals surface area contributed by atoms with Crippen molar-refractivity contribution in [2.45, 2.75) is 0 Å². The molecule has 2 aromatic heterocycles. The van der Waals surface area contributed by atoms with Crippen LogP contribution in [0, 0.1) is 0 Å². The Hall–Kier alpha value is -9.44. The van der Waals surface area contributed by atoms with E-state index in [0.29, 0.717) is 0 Å². The number of nitrogens with zero attached hydrogens (tertiary/aromatic N) is 8. The van der Waals surface area contributed by atoms with E-state index in [9.17, 15) is 0 Å². The molecule has 0 unspecified atom stereocenters. The molecule has 0 saturated carbocycles. The fourth-order valence-electron chi connectivity index (χ4n) is 13.4. The summed E-state index contributed by atoms with van der Waals surface area (Å²) in [5.74, 6) is 7.96. The van der Waals surface area contributed by atoms with Gasteiger partial charge in [-0.2, -0.15) is 0 Å². The number of benzene rings is 8. The summed E-state index contributed by atoms with van der Waals surface area (Å²) in [6.45, 7) is -0.263. The van der Waals surface area contributed by atoms with E-state index in [4.69, 9.17) is 9.89 Å². The fraction of sp³-hybridized carbons (Fsp3) is 0. The van der Waals surface area contributed by atoms with Crippen LogP contribution < -0.4 is 15.6 Å². The summed E-state index contributed by atoms with van der Waals surface area (Å²) in [7, 11) is -3.41. The lowest BCUT2D eigenvalue weighted by Crippen LogP contribution is -2.74. The summed E-state index contributed by atoms with van der Waals surface area (Å²) in [4.78, 5) is 10.4. The Morgan fingerprint density at radius 2 is 0.922 bits per heavy atom. The van der Waals surface area contributed by atoms with Crippen LogP contribution in [-0.4, -0.2) is 75.2 Å². The van der Waals surface area contributed by atoms with Crippen LogP contribution in [-0.2, 0) is 0 Å². The summed E-state index contributed by atoms with van der Waals surface area (Å²) >= 11 is 0. The van der Waals surface area contributed by atoms with Crippen molar-refractivity contribution in [3.63, 3.8) is 0 Å². The highest BCUT2D eigenvalue weighted by Crippen LogP contribution is 2.49. The Morgan fingerprint density at radius 1 is 0.390 bits per heavy atom. The lowest BCUT2D eigenvalue weighted by Gasteiger charge is -2.53. The molecule has 1 aliphatic carbocycles. The van der Waals surface area contributed by atoms with Gasteiger partial charge in [-0.05, 0) is 145 Å². The molecule has 0 N–H and O–H groups in total. The Morgan fingerprint density at radius 3 is 1.62 bits per heavy atom. The van der Waals surface area contributed by atoms with E-state index in [-0.39, 0.29) is 28.1 Å². The summed E-state index contributed by atoms with van der Waals surface area (Å²) in [5.41, 5.74) is 15.0. The number of para-hydroxylation sites is 4. The maximum Gasteiger partial charge on any atom is 0.500 e. The molecule has 358 valence electrons. The average molecular weight is 998 g/mol. The maximum atomic E-state index is 5.26. The summed E-state index contributed by atoms with van der Waals surface area (Å²) < 4.78 is 14.4. The van der Waals surface area contributed by atoms with Gasteiger partial charge in [-0.3, -0.25) is 8.97 Å². The lowest BCUT2D eigenvalue weighted by molar-refractivity contribution is 0.614. The lowest BCUT2D eigenvalue weighted by atomic mass is 9.44. The first-order valence-corrected chi connectivity index (χ1v) is 28.6. The van der Waals surface area contributed by atoms with Crippen LogP contribution >= 0.6 is 0 Å². The van der Waals surface area contributed by atoms with Crippen molar-refractivity contribution >= 4 is 85.8 Å². The zero-order valence-corrected chi connectivity index (χ0v) is 42.9. The van der Waals surface area contributed by atoms with Crippen molar-refractivity contribution in [1.29, 1.82) is 0 Å². The van der Waals surface area contributed by atoms with Gasteiger partial charge in [0.2, 0.25) is 5.78 Å². The van der Waals surface area contributed by atoms with Gasteiger partial charge in [0.25, 0.3) is 0 Å². The van der Waals surface area contributed by atoms with Gasteiger partial charge in [0, 0.05) is 11.9 Å². The molecule has 0 spiro atoms. The minimum atomic E-state index is -3.17. The number of aromatic nitrogens is 3. The molecule has 10 aromatic rings. The molecule has 6 aliphatic rings. The van der Waals surface area contributed by atoms with Crippen molar-refractivity contribution < 1.29 is 0 Å². The molecule has 0 bridgehead atoms. The quantitative estimate of drug-likeness (QED) is 0.127.